The summed E-state index contributed by atoms with van der Waals surface area (Å²) < 4.78 is 0. The third kappa shape index (κ3) is 2.69. The summed E-state index contributed by atoms with van der Waals surface area (Å²) in [5, 5.41) is 2.95. The number of nitrogens with two attached hydrogens (primary N) is 1. The summed E-state index contributed by atoms with van der Waals surface area (Å²) in [6.45, 7) is 7.80. The molecule has 1 aliphatic rings. The second-order valence-electron chi connectivity index (χ2n) is 5.27. The first-order valence-corrected chi connectivity index (χ1v) is 5.05. The van der Waals surface area contributed by atoms with Crippen LogP contribution in [0.5, 0.6) is 0 Å². The first kappa shape index (κ1) is 11.5. The van der Waals surface area contributed by atoms with E-state index in [1.54, 1.807) is 0 Å². The number of amides is 1. The fraction of sp³-hybridized carbons (Fsp3) is 0.900. The van der Waals surface area contributed by atoms with E-state index in [0.717, 1.165) is 13.1 Å². The highest BCUT2D eigenvalue weighted by Crippen LogP contribution is 2.17. The standard InChI is InChI=1S/C10H21N3O/c1-10(2,3)8(11)9(14)12-7-5-13(4)6-7/h7-8H,5-6,11H2,1-4H3,(H,12,14)/t8-/m0/s1. The van der Waals surface area contributed by atoms with Crippen LogP contribution in [0.2, 0.25) is 0 Å². The Hall–Kier alpha value is -0.610. The number of likely N-dealkylation sites (tertiary alicyclic amines) is 1. The van der Waals surface area contributed by atoms with Gasteiger partial charge in [-0.15, -0.1) is 0 Å². The van der Waals surface area contributed by atoms with Gasteiger partial charge in [-0.3, -0.25) is 4.79 Å². The maximum atomic E-state index is 11.6. The number of hydrogen-bond donors (Lipinski definition) is 2. The van der Waals surface area contributed by atoms with Crippen LogP contribution in [0.1, 0.15) is 20.8 Å². The van der Waals surface area contributed by atoms with Gasteiger partial charge in [0.05, 0.1) is 12.1 Å². The highest BCUT2D eigenvalue weighted by atomic mass is 16.2. The molecular weight excluding hydrogens is 178 g/mol. The molecule has 1 amide bonds. The van der Waals surface area contributed by atoms with E-state index >= 15 is 0 Å². The van der Waals surface area contributed by atoms with E-state index in [1.165, 1.54) is 0 Å². The van der Waals surface area contributed by atoms with E-state index in [0.29, 0.717) is 6.04 Å². The molecule has 4 nitrogen and oxygen atoms in total. The molecule has 14 heavy (non-hydrogen) atoms. The molecular formula is C10H21N3O. The molecule has 1 fully saturated rings. The lowest BCUT2D eigenvalue weighted by Crippen LogP contribution is -2.61. The zero-order valence-corrected chi connectivity index (χ0v) is 9.50. The van der Waals surface area contributed by atoms with Gasteiger partial charge < -0.3 is 16.0 Å². The van der Waals surface area contributed by atoms with Crippen molar-refractivity contribution in [1.82, 2.24) is 10.2 Å². The van der Waals surface area contributed by atoms with E-state index < -0.39 is 6.04 Å². The Balaban J connectivity index is 2.35. The van der Waals surface area contributed by atoms with Crippen LogP contribution in [-0.2, 0) is 4.79 Å². The number of nitrogens with zero attached hydrogens (tertiary/aromatic N) is 1. The zero-order chi connectivity index (χ0) is 10.9. The van der Waals surface area contributed by atoms with Gasteiger partial charge in [-0.25, -0.2) is 0 Å². The lowest BCUT2D eigenvalue weighted by Gasteiger charge is -2.38. The third-order valence-electron chi connectivity index (χ3n) is 2.63. The average molecular weight is 199 g/mol. The monoisotopic (exact) mass is 199 g/mol. The number of rotatable bonds is 2. The number of likely N-dealkylation sites (N-methyl/N-ethyl adjacent to an activating group) is 1. The van der Waals surface area contributed by atoms with Gasteiger partial charge in [0.25, 0.3) is 0 Å². The number of carbonyl (C=O) groups excluding carboxylic acids is 1. The Bertz CT molecular complexity index is 216. The Labute approximate surface area is 85.8 Å². The molecule has 0 aromatic carbocycles. The van der Waals surface area contributed by atoms with Crippen LogP contribution in [0.3, 0.4) is 0 Å². The topological polar surface area (TPSA) is 58.4 Å². The van der Waals surface area contributed by atoms with Gasteiger partial charge in [0, 0.05) is 13.1 Å². The first-order chi connectivity index (χ1) is 6.30. The van der Waals surface area contributed by atoms with E-state index in [9.17, 15) is 4.79 Å². The maximum Gasteiger partial charge on any atom is 0.237 e. The molecule has 3 N–H and O–H groups in total. The predicted octanol–water partition coefficient (Wildman–Crippen LogP) is -0.210. The molecule has 1 aliphatic heterocycles. The van der Waals surface area contributed by atoms with Gasteiger partial charge in [0.2, 0.25) is 5.91 Å². The van der Waals surface area contributed by atoms with Crippen molar-refractivity contribution < 1.29 is 4.79 Å². The first-order valence-electron chi connectivity index (χ1n) is 5.05. The second kappa shape index (κ2) is 3.87. The van der Waals surface area contributed by atoms with Crippen LogP contribution in [0, 0.1) is 5.41 Å². The summed E-state index contributed by atoms with van der Waals surface area (Å²) in [4.78, 5) is 13.8. The summed E-state index contributed by atoms with van der Waals surface area (Å²) in [5.74, 6) is -0.0319. The molecule has 0 radical (unpaired) electrons. The van der Waals surface area contributed by atoms with Gasteiger partial charge in [0.1, 0.15) is 0 Å². The van der Waals surface area contributed by atoms with Crippen LogP contribution in [-0.4, -0.2) is 43.0 Å². The molecule has 0 aliphatic carbocycles. The largest absolute Gasteiger partial charge is 0.349 e. The van der Waals surface area contributed by atoms with E-state index in [1.807, 2.05) is 27.8 Å². The maximum absolute atomic E-state index is 11.6. The molecule has 0 bridgehead atoms. The van der Waals surface area contributed by atoms with Crippen LogP contribution < -0.4 is 11.1 Å². The molecule has 1 heterocycles. The van der Waals surface area contributed by atoms with E-state index in [2.05, 4.69) is 10.2 Å². The lowest BCUT2D eigenvalue weighted by atomic mass is 9.86. The van der Waals surface area contributed by atoms with Crippen molar-refractivity contribution in [3.63, 3.8) is 0 Å². The van der Waals surface area contributed by atoms with Crippen molar-refractivity contribution >= 4 is 5.91 Å². The SMILES string of the molecule is CN1CC(NC(=O)[C@H](N)C(C)(C)C)C1. The van der Waals surface area contributed by atoms with E-state index in [4.69, 9.17) is 5.73 Å². The van der Waals surface area contributed by atoms with Gasteiger partial charge in [-0.2, -0.15) is 0 Å². The average Bonchev–Trinajstić information content (AvgIpc) is 1.98. The molecule has 0 spiro atoms. The fourth-order valence-corrected chi connectivity index (χ4v) is 1.47. The lowest BCUT2D eigenvalue weighted by molar-refractivity contribution is -0.126. The highest BCUT2D eigenvalue weighted by Gasteiger charge is 2.31. The van der Waals surface area contributed by atoms with Crippen molar-refractivity contribution in [2.75, 3.05) is 20.1 Å². The van der Waals surface area contributed by atoms with Crippen molar-refractivity contribution in [2.45, 2.75) is 32.9 Å². The molecule has 1 atom stereocenters. The Morgan fingerprint density at radius 3 is 2.36 bits per heavy atom. The molecule has 82 valence electrons. The van der Waals surface area contributed by atoms with Crippen LogP contribution in [0.25, 0.3) is 0 Å². The summed E-state index contributed by atoms with van der Waals surface area (Å²) in [7, 11) is 2.03. The molecule has 0 aromatic heterocycles. The van der Waals surface area contributed by atoms with Crippen molar-refractivity contribution in [2.24, 2.45) is 11.1 Å². The summed E-state index contributed by atoms with van der Waals surface area (Å²) in [6, 6.07) is -0.130. The van der Waals surface area contributed by atoms with Gasteiger partial charge in [-0.05, 0) is 12.5 Å². The van der Waals surface area contributed by atoms with Crippen LogP contribution >= 0.6 is 0 Å². The smallest absolute Gasteiger partial charge is 0.237 e. The molecule has 0 aromatic rings. The summed E-state index contributed by atoms with van der Waals surface area (Å²) in [5.41, 5.74) is 5.66. The second-order valence-corrected chi connectivity index (χ2v) is 5.27. The molecule has 4 heteroatoms. The minimum Gasteiger partial charge on any atom is -0.349 e. The third-order valence-corrected chi connectivity index (χ3v) is 2.63. The normalized spacial score (nSPS) is 21.5. The van der Waals surface area contributed by atoms with Gasteiger partial charge in [-0.1, -0.05) is 20.8 Å². The molecule has 0 saturated carbocycles. The number of hydrogen-bond acceptors (Lipinski definition) is 3. The molecule has 1 saturated heterocycles. The van der Waals surface area contributed by atoms with Crippen LogP contribution in [0.15, 0.2) is 0 Å². The molecule has 0 unspecified atom stereocenters. The molecule has 1 rings (SSSR count). The predicted molar refractivity (Wildman–Crippen MR) is 56.9 cm³/mol. The summed E-state index contributed by atoms with van der Waals surface area (Å²) >= 11 is 0. The van der Waals surface area contributed by atoms with Crippen LogP contribution in [0.4, 0.5) is 0 Å². The minimum absolute atomic E-state index is 0.0319. The van der Waals surface area contributed by atoms with Crippen molar-refractivity contribution in [1.29, 1.82) is 0 Å². The summed E-state index contributed by atoms with van der Waals surface area (Å²) in [6.07, 6.45) is 0. The highest BCUT2D eigenvalue weighted by molar-refractivity contribution is 5.82. The quantitative estimate of drug-likeness (QED) is 0.647. The minimum atomic E-state index is -0.423. The Kier molecular flexibility index (Phi) is 3.17. The fourth-order valence-electron chi connectivity index (χ4n) is 1.47. The van der Waals surface area contributed by atoms with E-state index in [-0.39, 0.29) is 11.3 Å². The van der Waals surface area contributed by atoms with Crippen molar-refractivity contribution in [3.8, 4) is 0 Å². The number of nitrogens with one attached hydrogen (secondary N) is 1. The van der Waals surface area contributed by atoms with Crippen molar-refractivity contribution in [3.05, 3.63) is 0 Å². The Morgan fingerprint density at radius 1 is 1.50 bits per heavy atom. The number of carbonyl (C=O) groups is 1. The zero-order valence-electron chi connectivity index (χ0n) is 9.50. The van der Waals surface area contributed by atoms with Gasteiger partial charge >= 0.3 is 0 Å². The van der Waals surface area contributed by atoms with Gasteiger partial charge in [0.15, 0.2) is 0 Å². The Morgan fingerprint density at radius 2 is 2.00 bits per heavy atom.